The number of rotatable bonds is 4. The van der Waals surface area contributed by atoms with E-state index in [4.69, 9.17) is 9.47 Å². The van der Waals surface area contributed by atoms with E-state index in [1.807, 2.05) is 19.1 Å². The van der Waals surface area contributed by atoms with Gasteiger partial charge in [-0.25, -0.2) is 8.42 Å². The van der Waals surface area contributed by atoms with Crippen LogP contribution in [0.4, 0.5) is 5.69 Å². The first-order valence-corrected chi connectivity index (χ1v) is 11.9. The second-order valence-electron chi connectivity index (χ2n) is 7.87. The first-order valence-electron chi connectivity index (χ1n) is 10.4. The number of anilines is 1. The third-order valence-corrected chi connectivity index (χ3v) is 7.50. The molecule has 1 amide bonds. The van der Waals surface area contributed by atoms with Gasteiger partial charge in [0.05, 0.1) is 11.3 Å². The molecule has 1 N–H and O–H groups in total. The zero-order chi connectivity index (χ0) is 22.3. The summed E-state index contributed by atoms with van der Waals surface area (Å²) in [4.78, 5) is 12.9. The average molecular weight is 451 g/mol. The summed E-state index contributed by atoms with van der Waals surface area (Å²) in [5.41, 5.74) is 1.70. The molecule has 3 aromatic rings. The number of para-hydroxylation sites is 2. The lowest BCUT2D eigenvalue weighted by Gasteiger charge is -2.20. The van der Waals surface area contributed by atoms with Crippen LogP contribution in [-0.4, -0.2) is 31.7 Å². The average Bonchev–Trinajstić information content (AvgIpc) is 3.28. The molecule has 2 heterocycles. The first kappa shape index (κ1) is 20.5. The Bertz CT molecular complexity index is 1300. The van der Waals surface area contributed by atoms with E-state index < -0.39 is 15.9 Å². The molecular formula is C24H22N2O5S. The molecule has 0 atom stereocenters. The highest BCUT2D eigenvalue weighted by atomic mass is 32.2. The van der Waals surface area contributed by atoms with Crippen LogP contribution in [-0.2, 0) is 10.0 Å². The van der Waals surface area contributed by atoms with E-state index in [1.54, 1.807) is 36.4 Å². The lowest BCUT2D eigenvalue weighted by molar-refractivity contribution is 0.102. The Kier molecular flexibility index (Phi) is 5.11. The van der Waals surface area contributed by atoms with E-state index in [2.05, 4.69) is 5.32 Å². The molecule has 3 aromatic carbocycles. The van der Waals surface area contributed by atoms with Crippen LogP contribution in [0.1, 0.15) is 28.8 Å². The molecule has 5 rings (SSSR count). The molecule has 0 aromatic heterocycles. The molecule has 1 saturated heterocycles. The molecule has 0 radical (unpaired) electrons. The molecule has 0 bridgehead atoms. The van der Waals surface area contributed by atoms with E-state index in [9.17, 15) is 13.2 Å². The van der Waals surface area contributed by atoms with Gasteiger partial charge in [-0.1, -0.05) is 29.8 Å². The SMILES string of the molecule is Cc1ccc(Oc2cc3c(cc2S(=O)(=O)N2CCCC2)C(=O)Nc2ccccc2O3)cc1. The molecule has 164 valence electrons. The van der Waals surface area contributed by atoms with Gasteiger partial charge in [0.25, 0.3) is 5.91 Å². The Balaban J connectivity index is 1.66. The minimum Gasteiger partial charge on any atom is -0.456 e. The van der Waals surface area contributed by atoms with Crippen LogP contribution < -0.4 is 14.8 Å². The number of carbonyl (C=O) groups is 1. The lowest BCUT2D eigenvalue weighted by atomic mass is 10.1. The Hall–Kier alpha value is -3.36. The molecule has 0 saturated carbocycles. The number of nitrogens with one attached hydrogen (secondary N) is 1. The summed E-state index contributed by atoms with van der Waals surface area (Å²) in [7, 11) is -3.86. The van der Waals surface area contributed by atoms with E-state index in [1.165, 1.54) is 16.4 Å². The number of aryl methyl sites for hydroxylation is 1. The Morgan fingerprint density at radius 2 is 1.69 bits per heavy atom. The molecule has 2 aliphatic rings. The molecule has 8 heteroatoms. The maximum absolute atomic E-state index is 13.5. The van der Waals surface area contributed by atoms with Gasteiger partial charge in [0.15, 0.2) is 11.5 Å². The van der Waals surface area contributed by atoms with Crippen molar-refractivity contribution in [3.8, 4) is 23.0 Å². The Labute approximate surface area is 186 Å². The second kappa shape index (κ2) is 7.96. The van der Waals surface area contributed by atoms with Crippen LogP contribution in [0.25, 0.3) is 0 Å². The van der Waals surface area contributed by atoms with Crippen molar-refractivity contribution < 1.29 is 22.7 Å². The third-order valence-electron chi connectivity index (χ3n) is 5.58. The molecule has 0 unspecified atom stereocenters. The van der Waals surface area contributed by atoms with Gasteiger partial charge in [-0.3, -0.25) is 4.79 Å². The molecule has 2 aliphatic heterocycles. The largest absolute Gasteiger partial charge is 0.456 e. The smallest absolute Gasteiger partial charge is 0.259 e. The van der Waals surface area contributed by atoms with Crippen LogP contribution >= 0.6 is 0 Å². The second-order valence-corrected chi connectivity index (χ2v) is 9.78. The fourth-order valence-corrected chi connectivity index (χ4v) is 5.49. The third kappa shape index (κ3) is 3.72. The summed E-state index contributed by atoms with van der Waals surface area (Å²) in [6.07, 6.45) is 1.61. The summed E-state index contributed by atoms with van der Waals surface area (Å²) in [6.45, 7) is 2.84. The van der Waals surface area contributed by atoms with Crippen molar-refractivity contribution in [3.63, 3.8) is 0 Å². The summed E-state index contributed by atoms with van der Waals surface area (Å²) in [5, 5.41) is 2.79. The van der Waals surface area contributed by atoms with Crippen molar-refractivity contribution in [2.24, 2.45) is 0 Å². The number of benzene rings is 3. The maximum atomic E-state index is 13.5. The van der Waals surface area contributed by atoms with Gasteiger partial charge in [0.1, 0.15) is 16.4 Å². The van der Waals surface area contributed by atoms with Crippen LogP contribution in [0.15, 0.2) is 65.6 Å². The van der Waals surface area contributed by atoms with E-state index in [-0.39, 0.29) is 22.0 Å². The van der Waals surface area contributed by atoms with E-state index in [0.29, 0.717) is 30.3 Å². The molecule has 1 fully saturated rings. The van der Waals surface area contributed by atoms with Crippen molar-refractivity contribution in [2.75, 3.05) is 18.4 Å². The Morgan fingerprint density at radius 3 is 2.44 bits per heavy atom. The number of ether oxygens (including phenoxy) is 2. The summed E-state index contributed by atoms with van der Waals surface area (Å²) in [6, 6.07) is 17.2. The zero-order valence-corrected chi connectivity index (χ0v) is 18.3. The van der Waals surface area contributed by atoms with Crippen LogP contribution in [0.5, 0.6) is 23.0 Å². The van der Waals surface area contributed by atoms with Crippen molar-refractivity contribution in [2.45, 2.75) is 24.7 Å². The standard InChI is InChI=1S/C24H22N2O5S/c1-16-8-10-17(11-9-16)30-22-15-21-18(14-23(22)32(28,29)26-12-4-5-13-26)24(27)25-19-6-2-3-7-20(19)31-21/h2-3,6-11,14-15H,4-5,12-13H2,1H3,(H,25,27). The molecule has 0 spiro atoms. The fraction of sp³-hybridized carbons (Fsp3) is 0.208. The maximum Gasteiger partial charge on any atom is 0.259 e. The molecule has 7 nitrogen and oxygen atoms in total. The first-order chi connectivity index (χ1) is 15.4. The molecular weight excluding hydrogens is 428 g/mol. The highest BCUT2D eigenvalue weighted by Gasteiger charge is 2.33. The van der Waals surface area contributed by atoms with Crippen molar-refractivity contribution in [1.82, 2.24) is 4.31 Å². The normalized spacial score (nSPS) is 15.8. The zero-order valence-electron chi connectivity index (χ0n) is 17.5. The van der Waals surface area contributed by atoms with Gasteiger partial charge in [-0.2, -0.15) is 4.31 Å². The monoisotopic (exact) mass is 450 g/mol. The van der Waals surface area contributed by atoms with Crippen molar-refractivity contribution in [3.05, 3.63) is 71.8 Å². The topological polar surface area (TPSA) is 84.9 Å². The van der Waals surface area contributed by atoms with Crippen LogP contribution in [0.2, 0.25) is 0 Å². The van der Waals surface area contributed by atoms with Gasteiger partial charge in [-0.15, -0.1) is 0 Å². The highest BCUT2D eigenvalue weighted by Crippen LogP contribution is 2.42. The number of hydrogen-bond donors (Lipinski definition) is 1. The number of nitrogens with zero attached hydrogens (tertiary/aromatic N) is 1. The summed E-state index contributed by atoms with van der Waals surface area (Å²) < 4.78 is 40.4. The predicted octanol–water partition coefficient (Wildman–Crippen LogP) is 4.93. The quantitative estimate of drug-likeness (QED) is 0.609. The number of amides is 1. The minimum atomic E-state index is -3.86. The van der Waals surface area contributed by atoms with Gasteiger partial charge in [-0.05, 0) is 50.1 Å². The highest BCUT2D eigenvalue weighted by molar-refractivity contribution is 7.89. The lowest BCUT2D eigenvalue weighted by Crippen LogP contribution is -2.28. The van der Waals surface area contributed by atoms with Crippen molar-refractivity contribution in [1.29, 1.82) is 0 Å². The molecule has 0 aliphatic carbocycles. The summed E-state index contributed by atoms with van der Waals surface area (Å²) >= 11 is 0. The fourth-order valence-electron chi connectivity index (χ4n) is 3.85. The van der Waals surface area contributed by atoms with Gasteiger partial charge >= 0.3 is 0 Å². The van der Waals surface area contributed by atoms with Gasteiger partial charge in [0, 0.05) is 19.2 Å². The Morgan fingerprint density at radius 1 is 0.969 bits per heavy atom. The van der Waals surface area contributed by atoms with E-state index in [0.717, 1.165) is 18.4 Å². The predicted molar refractivity (Wildman–Crippen MR) is 120 cm³/mol. The number of sulfonamides is 1. The number of hydrogen-bond acceptors (Lipinski definition) is 5. The van der Waals surface area contributed by atoms with Crippen molar-refractivity contribution >= 4 is 21.6 Å². The summed E-state index contributed by atoms with van der Waals surface area (Å²) in [5.74, 6) is 0.870. The van der Waals surface area contributed by atoms with E-state index >= 15 is 0 Å². The number of carbonyl (C=O) groups excluding carboxylic acids is 1. The van der Waals surface area contributed by atoms with Gasteiger partial charge < -0.3 is 14.8 Å². The number of fused-ring (bicyclic) bond motifs is 2. The molecule has 32 heavy (non-hydrogen) atoms. The van der Waals surface area contributed by atoms with Crippen LogP contribution in [0.3, 0.4) is 0 Å². The van der Waals surface area contributed by atoms with Gasteiger partial charge in [0.2, 0.25) is 10.0 Å². The minimum absolute atomic E-state index is 0.0524. The van der Waals surface area contributed by atoms with Crippen LogP contribution in [0, 0.1) is 6.92 Å².